The molecule has 0 N–H and O–H groups in total. The maximum Gasteiger partial charge on any atom is 0.275 e. The third-order valence-electron chi connectivity index (χ3n) is 1.81. The minimum Gasteiger partial charge on any atom is -0.498 e. The lowest BCUT2D eigenvalue weighted by Crippen LogP contribution is -2.26. The molecule has 0 aromatic carbocycles. The van der Waals surface area contributed by atoms with E-state index in [0.29, 0.717) is 5.76 Å². The molecule has 1 rings (SSSR count). The monoisotopic (exact) mass is 148 g/mol. The van der Waals surface area contributed by atoms with Gasteiger partial charge in [-0.05, 0) is 13.8 Å². The van der Waals surface area contributed by atoms with Gasteiger partial charge in [0.25, 0.3) is 5.92 Å². The standard InChI is InChI=1S/C7H10F2O/c1-5-6(2)10-4-3-7(5,8)9/h3-4H2,1-2H3. The number of alkyl halides is 2. The van der Waals surface area contributed by atoms with E-state index in [9.17, 15) is 8.78 Å². The number of hydrogen-bond donors (Lipinski definition) is 0. The van der Waals surface area contributed by atoms with E-state index in [2.05, 4.69) is 0 Å². The molecule has 3 heteroatoms. The van der Waals surface area contributed by atoms with Crippen LogP contribution in [-0.2, 0) is 4.74 Å². The van der Waals surface area contributed by atoms with Crippen molar-refractivity contribution >= 4 is 0 Å². The Balaban J connectivity index is 2.89. The lowest BCUT2D eigenvalue weighted by molar-refractivity contribution is -0.0156. The highest BCUT2D eigenvalue weighted by molar-refractivity contribution is 5.15. The van der Waals surface area contributed by atoms with E-state index in [-0.39, 0.29) is 18.6 Å². The average Bonchev–Trinajstić information content (AvgIpc) is 1.83. The minimum absolute atomic E-state index is 0.0683. The van der Waals surface area contributed by atoms with Crippen molar-refractivity contribution in [1.82, 2.24) is 0 Å². The quantitative estimate of drug-likeness (QED) is 0.512. The van der Waals surface area contributed by atoms with Crippen LogP contribution in [0, 0.1) is 0 Å². The van der Waals surface area contributed by atoms with Crippen LogP contribution in [0.5, 0.6) is 0 Å². The van der Waals surface area contributed by atoms with E-state index < -0.39 is 5.92 Å². The van der Waals surface area contributed by atoms with Crippen LogP contribution in [0.15, 0.2) is 11.3 Å². The highest BCUT2D eigenvalue weighted by atomic mass is 19.3. The molecule has 0 bridgehead atoms. The van der Waals surface area contributed by atoms with E-state index >= 15 is 0 Å². The molecule has 0 atom stereocenters. The third kappa shape index (κ3) is 1.13. The van der Waals surface area contributed by atoms with Gasteiger partial charge in [-0.1, -0.05) is 0 Å². The first-order chi connectivity index (χ1) is 4.54. The Bertz CT molecular complexity index is 172. The summed E-state index contributed by atoms with van der Waals surface area (Å²) in [4.78, 5) is 0. The average molecular weight is 148 g/mol. The molecule has 0 saturated heterocycles. The molecule has 1 heterocycles. The Morgan fingerprint density at radius 3 is 2.40 bits per heavy atom. The molecule has 0 aromatic heterocycles. The van der Waals surface area contributed by atoms with Gasteiger partial charge in [-0.25, -0.2) is 8.78 Å². The van der Waals surface area contributed by atoms with Crippen molar-refractivity contribution in [2.45, 2.75) is 26.2 Å². The highest BCUT2D eigenvalue weighted by Crippen LogP contribution is 2.33. The SMILES string of the molecule is CC1=C(C)C(F)(F)CCO1. The largest absolute Gasteiger partial charge is 0.498 e. The van der Waals surface area contributed by atoms with E-state index in [0.717, 1.165) is 0 Å². The Morgan fingerprint density at radius 1 is 1.40 bits per heavy atom. The Kier molecular flexibility index (Phi) is 1.67. The zero-order valence-corrected chi connectivity index (χ0v) is 6.08. The minimum atomic E-state index is -2.64. The molecule has 0 aliphatic carbocycles. The normalized spacial score (nSPS) is 24.4. The summed E-state index contributed by atoms with van der Waals surface area (Å²) in [6.07, 6.45) is -0.184. The topological polar surface area (TPSA) is 9.23 Å². The van der Waals surface area contributed by atoms with Crippen molar-refractivity contribution in [3.63, 3.8) is 0 Å². The third-order valence-corrected chi connectivity index (χ3v) is 1.81. The second kappa shape index (κ2) is 2.22. The molecule has 1 aliphatic rings. The fraction of sp³-hybridized carbons (Fsp3) is 0.714. The van der Waals surface area contributed by atoms with E-state index in [1.807, 2.05) is 0 Å². The second-order valence-corrected chi connectivity index (χ2v) is 2.48. The first-order valence-corrected chi connectivity index (χ1v) is 3.22. The van der Waals surface area contributed by atoms with E-state index in [1.165, 1.54) is 6.92 Å². The molecule has 0 fully saturated rings. The molecule has 0 radical (unpaired) electrons. The van der Waals surface area contributed by atoms with Crippen molar-refractivity contribution in [2.75, 3.05) is 6.61 Å². The molecule has 0 aromatic rings. The van der Waals surface area contributed by atoms with Crippen LogP contribution in [-0.4, -0.2) is 12.5 Å². The molecular formula is C7H10F2O. The maximum atomic E-state index is 12.7. The summed E-state index contributed by atoms with van der Waals surface area (Å²) in [7, 11) is 0. The van der Waals surface area contributed by atoms with Crippen molar-refractivity contribution in [2.24, 2.45) is 0 Å². The first kappa shape index (κ1) is 7.51. The predicted molar refractivity (Wildman–Crippen MR) is 33.9 cm³/mol. The van der Waals surface area contributed by atoms with Gasteiger partial charge < -0.3 is 4.74 Å². The Morgan fingerprint density at radius 2 is 2.00 bits per heavy atom. The molecule has 0 unspecified atom stereocenters. The highest BCUT2D eigenvalue weighted by Gasteiger charge is 2.35. The van der Waals surface area contributed by atoms with Gasteiger partial charge in [-0.3, -0.25) is 0 Å². The Labute approximate surface area is 58.7 Å². The number of ether oxygens (including phenoxy) is 1. The second-order valence-electron chi connectivity index (χ2n) is 2.48. The van der Waals surface area contributed by atoms with Crippen LogP contribution < -0.4 is 0 Å². The van der Waals surface area contributed by atoms with Gasteiger partial charge in [0.15, 0.2) is 0 Å². The van der Waals surface area contributed by atoms with Crippen LogP contribution in [0.25, 0.3) is 0 Å². The van der Waals surface area contributed by atoms with Gasteiger partial charge in [0.05, 0.1) is 12.4 Å². The van der Waals surface area contributed by atoms with Gasteiger partial charge in [0.2, 0.25) is 0 Å². The van der Waals surface area contributed by atoms with Gasteiger partial charge in [0.1, 0.15) is 0 Å². The number of allylic oxidation sites excluding steroid dienone is 2. The van der Waals surface area contributed by atoms with Crippen LogP contribution in [0.3, 0.4) is 0 Å². The van der Waals surface area contributed by atoms with Gasteiger partial charge >= 0.3 is 0 Å². The van der Waals surface area contributed by atoms with Gasteiger partial charge in [-0.15, -0.1) is 0 Å². The molecule has 0 saturated carbocycles. The summed E-state index contributed by atoms with van der Waals surface area (Å²) in [5, 5.41) is 0. The summed E-state index contributed by atoms with van der Waals surface area (Å²) >= 11 is 0. The smallest absolute Gasteiger partial charge is 0.275 e. The van der Waals surface area contributed by atoms with Gasteiger partial charge in [-0.2, -0.15) is 0 Å². The summed E-state index contributed by atoms with van der Waals surface area (Å²) in [6, 6.07) is 0. The van der Waals surface area contributed by atoms with Crippen LogP contribution in [0.4, 0.5) is 8.78 Å². The van der Waals surface area contributed by atoms with Crippen LogP contribution in [0.1, 0.15) is 20.3 Å². The van der Waals surface area contributed by atoms with Gasteiger partial charge in [0, 0.05) is 12.0 Å². The number of hydrogen-bond acceptors (Lipinski definition) is 1. The maximum absolute atomic E-state index is 12.7. The predicted octanol–water partition coefficient (Wildman–Crippen LogP) is 2.34. The van der Waals surface area contributed by atoms with Crippen molar-refractivity contribution < 1.29 is 13.5 Å². The fourth-order valence-corrected chi connectivity index (χ4v) is 0.886. The summed E-state index contributed by atoms with van der Waals surface area (Å²) in [5.41, 5.74) is 0.0683. The zero-order chi connectivity index (χ0) is 7.78. The molecular weight excluding hydrogens is 138 g/mol. The molecule has 1 nitrogen and oxygen atoms in total. The summed E-state index contributed by atoms with van der Waals surface area (Å²) in [5.74, 6) is -2.27. The molecule has 58 valence electrons. The fourth-order valence-electron chi connectivity index (χ4n) is 0.886. The van der Waals surface area contributed by atoms with Crippen molar-refractivity contribution in [3.8, 4) is 0 Å². The summed E-state index contributed by atoms with van der Waals surface area (Å²) < 4.78 is 30.3. The zero-order valence-electron chi connectivity index (χ0n) is 6.08. The van der Waals surface area contributed by atoms with Crippen molar-refractivity contribution in [3.05, 3.63) is 11.3 Å². The molecule has 1 aliphatic heterocycles. The van der Waals surface area contributed by atoms with Crippen LogP contribution >= 0.6 is 0 Å². The number of rotatable bonds is 0. The first-order valence-electron chi connectivity index (χ1n) is 3.22. The lowest BCUT2D eigenvalue weighted by Gasteiger charge is -2.24. The van der Waals surface area contributed by atoms with Crippen LogP contribution in [0.2, 0.25) is 0 Å². The molecule has 0 amide bonds. The lowest BCUT2D eigenvalue weighted by atomic mass is 10.1. The van der Waals surface area contributed by atoms with Crippen molar-refractivity contribution in [1.29, 1.82) is 0 Å². The molecule has 0 spiro atoms. The number of halogens is 2. The molecule has 10 heavy (non-hydrogen) atoms. The van der Waals surface area contributed by atoms with E-state index in [4.69, 9.17) is 4.74 Å². The van der Waals surface area contributed by atoms with E-state index in [1.54, 1.807) is 6.92 Å². The Hall–Kier alpha value is -0.600. The summed E-state index contributed by atoms with van der Waals surface area (Å²) in [6.45, 7) is 3.12.